The summed E-state index contributed by atoms with van der Waals surface area (Å²) in [5.41, 5.74) is 0. The van der Waals surface area contributed by atoms with E-state index in [1.54, 1.807) is 0 Å². The van der Waals surface area contributed by atoms with Gasteiger partial charge in [0.25, 0.3) is 0 Å². The molecular formula is C13H26N2O. The van der Waals surface area contributed by atoms with Crippen molar-refractivity contribution in [2.24, 2.45) is 11.8 Å². The van der Waals surface area contributed by atoms with Crippen molar-refractivity contribution in [2.75, 3.05) is 39.9 Å². The van der Waals surface area contributed by atoms with Crippen LogP contribution in [0.1, 0.15) is 26.2 Å². The van der Waals surface area contributed by atoms with Crippen molar-refractivity contribution in [1.82, 2.24) is 10.2 Å². The van der Waals surface area contributed by atoms with Gasteiger partial charge in [-0.1, -0.05) is 6.92 Å². The van der Waals surface area contributed by atoms with Gasteiger partial charge in [-0.2, -0.15) is 0 Å². The largest absolute Gasteiger partial charge is 0.381 e. The van der Waals surface area contributed by atoms with E-state index in [4.69, 9.17) is 4.74 Å². The summed E-state index contributed by atoms with van der Waals surface area (Å²) < 4.78 is 5.42. The summed E-state index contributed by atoms with van der Waals surface area (Å²) in [6.07, 6.45) is 3.82. The number of hydrogen-bond donors (Lipinski definition) is 1. The zero-order chi connectivity index (χ0) is 11.4. The highest BCUT2D eigenvalue weighted by molar-refractivity contribution is 4.83. The third kappa shape index (κ3) is 3.19. The summed E-state index contributed by atoms with van der Waals surface area (Å²) in [4.78, 5) is 2.58. The van der Waals surface area contributed by atoms with E-state index in [1.807, 2.05) is 0 Å². The molecule has 0 aliphatic carbocycles. The Balaban J connectivity index is 1.78. The molecule has 3 nitrogen and oxygen atoms in total. The SMILES string of the molecule is CC1CCNCC1N(C)CC1CCOCC1. The van der Waals surface area contributed by atoms with Crippen molar-refractivity contribution >= 4 is 0 Å². The Kier molecular flexibility index (Phi) is 4.62. The molecule has 0 saturated carbocycles. The summed E-state index contributed by atoms with van der Waals surface area (Å²) in [5.74, 6) is 1.69. The minimum Gasteiger partial charge on any atom is -0.381 e. The Morgan fingerprint density at radius 3 is 2.69 bits per heavy atom. The molecule has 94 valence electrons. The fraction of sp³-hybridized carbons (Fsp3) is 1.00. The maximum Gasteiger partial charge on any atom is 0.0469 e. The van der Waals surface area contributed by atoms with Gasteiger partial charge in [0.1, 0.15) is 0 Å². The third-order valence-electron chi connectivity index (χ3n) is 4.24. The lowest BCUT2D eigenvalue weighted by atomic mass is 9.92. The average molecular weight is 226 g/mol. The quantitative estimate of drug-likeness (QED) is 0.786. The van der Waals surface area contributed by atoms with E-state index in [-0.39, 0.29) is 0 Å². The normalized spacial score (nSPS) is 33.2. The van der Waals surface area contributed by atoms with Gasteiger partial charge < -0.3 is 15.0 Å². The van der Waals surface area contributed by atoms with Crippen LogP contribution in [0.3, 0.4) is 0 Å². The lowest BCUT2D eigenvalue weighted by Gasteiger charge is -2.39. The summed E-state index contributed by atoms with van der Waals surface area (Å²) in [6, 6.07) is 0.733. The van der Waals surface area contributed by atoms with E-state index >= 15 is 0 Å². The number of piperidine rings is 1. The molecular weight excluding hydrogens is 200 g/mol. The van der Waals surface area contributed by atoms with Gasteiger partial charge in [0.05, 0.1) is 0 Å². The van der Waals surface area contributed by atoms with E-state index in [0.717, 1.165) is 31.1 Å². The molecule has 2 unspecified atom stereocenters. The smallest absolute Gasteiger partial charge is 0.0469 e. The second-order valence-corrected chi connectivity index (χ2v) is 5.53. The predicted molar refractivity (Wildman–Crippen MR) is 66.6 cm³/mol. The molecule has 2 fully saturated rings. The summed E-state index contributed by atoms with van der Waals surface area (Å²) >= 11 is 0. The van der Waals surface area contributed by atoms with Crippen LogP contribution in [-0.2, 0) is 4.74 Å². The molecule has 0 radical (unpaired) electrons. The molecule has 2 saturated heterocycles. The van der Waals surface area contributed by atoms with E-state index in [1.165, 1.54) is 38.9 Å². The minimum absolute atomic E-state index is 0.733. The maximum atomic E-state index is 5.42. The van der Waals surface area contributed by atoms with Gasteiger partial charge in [0.15, 0.2) is 0 Å². The van der Waals surface area contributed by atoms with E-state index in [0.29, 0.717) is 0 Å². The number of rotatable bonds is 3. The Bertz CT molecular complexity index is 204. The van der Waals surface area contributed by atoms with Crippen molar-refractivity contribution in [3.8, 4) is 0 Å². The number of nitrogens with one attached hydrogen (secondary N) is 1. The van der Waals surface area contributed by atoms with Crippen molar-refractivity contribution in [2.45, 2.75) is 32.2 Å². The molecule has 0 amide bonds. The third-order valence-corrected chi connectivity index (χ3v) is 4.24. The van der Waals surface area contributed by atoms with Crippen LogP contribution in [-0.4, -0.2) is 50.8 Å². The van der Waals surface area contributed by atoms with Gasteiger partial charge in [-0.05, 0) is 44.7 Å². The second-order valence-electron chi connectivity index (χ2n) is 5.53. The first kappa shape index (κ1) is 12.3. The van der Waals surface area contributed by atoms with E-state index < -0.39 is 0 Å². The first-order valence-electron chi connectivity index (χ1n) is 6.76. The second kappa shape index (κ2) is 5.99. The van der Waals surface area contributed by atoms with E-state index in [2.05, 4.69) is 24.2 Å². The fourth-order valence-electron chi connectivity index (χ4n) is 3.04. The Labute approximate surface area is 99.5 Å². The van der Waals surface area contributed by atoms with Gasteiger partial charge in [-0.3, -0.25) is 0 Å². The molecule has 1 N–H and O–H groups in total. The lowest BCUT2D eigenvalue weighted by Crippen LogP contribution is -2.50. The fourth-order valence-corrected chi connectivity index (χ4v) is 3.04. The first-order chi connectivity index (χ1) is 7.77. The molecule has 0 spiro atoms. The predicted octanol–water partition coefficient (Wildman–Crippen LogP) is 1.34. The van der Waals surface area contributed by atoms with Crippen molar-refractivity contribution < 1.29 is 4.74 Å². The molecule has 2 heterocycles. The molecule has 0 aromatic carbocycles. The molecule has 0 aromatic rings. The molecule has 2 aliphatic rings. The van der Waals surface area contributed by atoms with Gasteiger partial charge in [-0.15, -0.1) is 0 Å². The highest BCUT2D eigenvalue weighted by Crippen LogP contribution is 2.21. The van der Waals surface area contributed by atoms with Crippen molar-refractivity contribution in [1.29, 1.82) is 0 Å². The molecule has 16 heavy (non-hydrogen) atoms. The van der Waals surface area contributed by atoms with Crippen LogP contribution in [0.4, 0.5) is 0 Å². The zero-order valence-corrected chi connectivity index (χ0v) is 10.7. The Hall–Kier alpha value is -0.120. The van der Waals surface area contributed by atoms with Crippen LogP contribution in [0.25, 0.3) is 0 Å². The molecule has 2 aliphatic heterocycles. The summed E-state index contributed by atoms with van der Waals surface area (Å²) in [7, 11) is 2.30. The summed E-state index contributed by atoms with van der Waals surface area (Å²) in [6.45, 7) is 7.95. The minimum atomic E-state index is 0.733. The molecule has 2 rings (SSSR count). The zero-order valence-electron chi connectivity index (χ0n) is 10.7. The highest BCUT2D eigenvalue weighted by Gasteiger charge is 2.26. The average Bonchev–Trinajstić information content (AvgIpc) is 2.31. The van der Waals surface area contributed by atoms with Crippen LogP contribution < -0.4 is 5.32 Å². The Morgan fingerprint density at radius 2 is 2.00 bits per heavy atom. The van der Waals surface area contributed by atoms with Crippen LogP contribution in [0.5, 0.6) is 0 Å². The molecule has 2 atom stereocenters. The molecule has 3 heteroatoms. The molecule has 0 aromatic heterocycles. The first-order valence-corrected chi connectivity index (χ1v) is 6.76. The number of likely N-dealkylation sites (N-methyl/N-ethyl adjacent to an activating group) is 1. The standard InChI is InChI=1S/C13H26N2O/c1-11-3-6-14-9-13(11)15(2)10-12-4-7-16-8-5-12/h11-14H,3-10H2,1-2H3. The maximum absolute atomic E-state index is 5.42. The van der Waals surface area contributed by atoms with Crippen LogP contribution >= 0.6 is 0 Å². The van der Waals surface area contributed by atoms with Crippen molar-refractivity contribution in [3.63, 3.8) is 0 Å². The highest BCUT2D eigenvalue weighted by atomic mass is 16.5. The van der Waals surface area contributed by atoms with E-state index in [9.17, 15) is 0 Å². The van der Waals surface area contributed by atoms with Gasteiger partial charge in [0, 0.05) is 32.3 Å². The topological polar surface area (TPSA) is 24.5 Å². The lowest BCUT2D eigenvalue weighted by molar-refractivity contribution is 0.0431. The summed E-state index contributed by atoms with van der Waals surface area (Å²) in [5, 5.41) is 3.52. The van der Waals surface area contributed by atoms with Gasteiger partial charge in [0.2, 0.25) is 0 Å². The van der Waals surface area contributed by atoms with Crippen LogP contribution in [0, 0.1) is 11.8 Å². The van der Waals surface area contributed by atoms with Crippen LogP contribution in [0.2, 0.25) is 0 Å². The van der Waals surface area contributed by atoms with Gasteiger partial charge >= 0.3 is 0 Å². The number of nitrogens with zero attached hydrogens (tertiary/aromatic N) is 1. The van der Waals surface area contributed by atoms with Crippen molar-refractivity contribution in [3.05, 3.63) is 0 Å². The van der Waals surface area contributed by atoms with Crippen LogP contribution in [0.15, 0.2) is 0 Å². The number of hydrogen-bond acceptors (Lipinski definition) is 3. The van der Waals surface area contributed by atoms with Gasteiger partial charge in [-0.25, -0.2) is 0 Å². The Morgan fingerprint density at radius 1 is 1.25 bits per heavy atom. The number of ether oxygens (including phenoxy) is 1. The molecule has 0 bridgehead atoms. The monoisotopic (exact) mass is 226 g/mol.